The van der Waals surface area contributed by atoms with Crippen molar-refractivity contribution in [3.8, 4) is 22.7 Å². The third-order valence-corrected chi connectivity index (χ3v) is 5.90. The first-order valence-corrected chi connectivity index (χ1v) is 10.9. The predicted molar refractivity (Wildman–Crippen MR) is 126 cm³/mol. The fourth-order valence-corrected chi connectivity index (χ4v) is 4.07. The first kappa shape index (κ1) is 19.1. The first-order valence-electron chi connectivity index (χ1n) is 10.5. The maximum Gasteiger partial charge on any atom is 0.264 e. The molecule has 7 heteroatoms. The second-order valence-electron chi connectivity index (χ2n) is 8.13. The number of fused-ring (bicyclic) bond motifs is 2. The fourth-order valence-electron chi connectivity index (χ4n) is 3.94. The molecule has 0 spiro atoms. The van der Waals surface area contributed by atoms with Crippen LogP contribution in [0.25, 0.3) is 38.8 Å². The van der Waals surface area contributed by atoms with E-state index in [1.165, 1.54) is 0 Å². The Labute approximate surface area is 188 Å². The van der Waals surface area contributed by atoms with Crippen LogP contribution < -0.4 is 10.3 Å². The SMILES string of the molecule is Cn1cc2cc(-c3cc4ccc(OC5CC5)nc4n(-c4ccc(Cl)cc4)c3=O)ccc2n1. The minimum absolute atomic E-state index is 0.154. The summed E-state index contributed by atoms with van der Waals surface area (Å²) in [6.07, 6.45) is 4.25. The van der Waals surface area contributed by atoms with Gasteiger partial charge in [-0.3, -0.25) is 14.0 Å². The number of hydrogen-bond acceptors (Lipinski definition) is 4. The van der Waals surface area contributed by atoms with Gasteiger partial charge in [-0.2, -0.15) is 10.1 Å². The Kier molecular flexibility index (Phi) is 4.30. The Morgan fingerprint density at radius 1 is 1.00 bits per heavy atom. The molecule has 1 aliphatic carbocycles. The first-order chi connectivity index (χ1) is 15.5. The van der Waals surface area contributed by atoms with Crippen LogP contribution in [0.15, 0.2) is 71.7 Å². The van der Waals surface area contributed by atoms with E-state index in [1.807, 2.05) is 61.8 Å². The van der Waals surface area contributed by atoms with Gasteiger partial charge in [0.15, 0.2) is 5.65 Å². The van der Waals surface area contributed by atoms with Gasteiger partial charge in [0.25, 0.3) is 5.56 Å². The maximum atomic E-state index is 13.8. The minimum atomic E-state index is -0.154. The van der Waals surface area contributed by atoms with Crippen molar-refractivity contribution >= 4 is 33.5 Å². The molecule has 6 rings (SSSR count). The molecule has 6 nitrogen and oxygen atoms in total. The van der Waals surface area contributed by atoms with Crippen LogP contribution in [0.1, 0.15) is 12.8 Å². The van der Waals surface area contributed by atoms with Gasteiger partial charge in [0.1, 0.15) is 6.10 Å². The average Bonchev–Trinajstić information content (AvgIpc) is 3.51. The van der Waals surface area contributed by atoms with Crippen molar-refractivity contribution in [3.63, 3.8) is 0 Å². The summed E-state index contributed by atoms with van der Waals surface area (Å²) in [5.41, 5.74) is 3.42. The second-order valence-corrected chi connectivity index (χ2v) is 8.57. The van der Waals surface area contributed by atoms with Gasteiger partial charge in [0.2, 0.25) is 5.88 Å². The summed E-state index contributed by atoms with van der Waals surface area (Å²) in [5, 5.41) is 6.87. The molecular weight excluding hydrogens is 424 g/mol. The van der Waals surface area contributed by atoms with E-state index in [9.17, 15) is 4.79 Å². The molecule has 158 valence electrons. The highest BCUT2D eigenvalue weighted by atomic mass is 35.5. The Balaban J connectivity index is 1.61. The number of nitrogens with zero attached hydrogens (tertiary/aromatic N) is 4. The number of halogens is 1. The molecule has 0 aliphatic heterocycles. The van der Waals surface area contributed by atoms with Crippen LogP contribution in [0.5, 0.6) is 5.88 Å². The number of benzene rings is 2. The van der Waals surface area contributed by atoms with Crippen LogP contribution in [-0.4, -0.2) is 25.4 Å². The molecule has 1 saturated carbocycles. The highest BCUT2D eigenvalue weighted by Crippen LogP contribution is 2.29. The third-order valence-electron chi connectivity index (χ3n) is 5.65. The Bertz CT molecular complexity index is 1550. The van der Waals surface area contributed by atoms with Crippen molar-refractivity contribution in [1.29, 1.82) is 0 Å². The zero-order valence-electron chi connectivity index (χ0n) is 17.3. The lowest BCUT2D eigenvalue weighted by atomic mass is 10.0. The topological polar surface area (TPSA) is 61.9 Å². The lowest BCUT2D eigenvalue weighted by Crippen LogP contribution is -2.21. The third kappa shape index (κ3) is 3.33. The molecule has 0 unspecified atom stereocenters. The molecule has 3 aromatic heterocycles. The van der Waals surface area contributed by atoms with Gasteiger partial charge in [-0.1, -0.05) is 17.7 Å². The lowest BCUT2D eigenvalue weighted by Gasteiger charge is -2.14. The molecular formula is C25H19ClN4O2. The van der Waals surface area contributed by atoms with E-state index in [4.69, 9.17) is 21.3 Å². The summed E-state index contributed by atoms with van der Waals surface area (Å²) in [6.45, 7) is 0. The zero-order chi connectivity index (χ0) is 21.8. The smallest absolute Gasteiger partial charge is 0.264 e. The molecule has 1 aliphatic rings. The molecule has 0 bridgehead atoms. The Hall–Kier alpha value is -3.64. The largest absolute Gasteiger partial charge is 0.474 e. The average molecular weight is 443 g/mol. The van der Waals surface area contributed by atoms with Crippen LogP contribution >= 0.6 is 11.6 Å². The van der Waals surface area contributed by atoms with Crippen LogP contribution in [0, 0.1) is 0 Å². The van der Waals surface area contributed by atoms with Crippen LogP contribution in [0.3, 0.4) is 0 Å². The molecule has 0 saturated heterocycles. The van der Waals surface area contributed by atoms with E-state index in [0.717, 1.165) is 34.7 Å². The molecule has 2 aromatic carbocycles. The van der Waals surface area contributed by atoms with E-state index in [0.29, 0.717) is 27.8 Å². The summed E-state index contributed by atoms with van der Waals surface area (Å²) in [5.74, 6) is 0.534. The molecule has 0 amide bonds. The van der Waals surface area contributed by atoms with Crippen LogP contribution in [0.2, 0.25) is 5.02 Å². The van der Waals surface area contributed by atoms with Crippen LogP contribution in [0.4, 0.5) is 0 Å². The van der Waals surface area contributed by atoms with Crippen LogP contribution in [-0.2, 0) is 7.05 Å². The number of hydrogen-bond donors (Lipinski definition) is 0. The normalized spacial score (nSPS) is 13.7. The van der Waals surface area contributed by atoms with Gasteiger partial charge in [-0.15, -0.1) is 0 Å². The predicted octanol–water partition coefficient (Wildman–Crippen LogP) is 5.13. The Morgan fingerprint density at radius 2 is 1.81 bits per heavy atom. The van der Waals surface area contributed by atoms with Gasteiger partial charge in [0.05, 0.1) is 11.2 Å². The quantitative estimate of drug-likeness (QED) is 0.387. The number of aryl methyl sites for hydroxylation is 1. The van der Waals surface area contributed by atoms with E-state index in [2.05, 4.69) is 5.10 Å². The highest BCUT2D eigenvalue weighted by Gasteiger charge is 2.24. The van der Waals surface area contributed by atoms with E-state index < -0.39 is 0 Å². The zero-order valence-corrected chi connectivity index (χ0v) is 18.1. The monoisotopic (exact) mass is 442 g/mol. The Morgan fingerprint density at radius 3 is 2.59 bits per heavy atom. The van der Waals surface area contributed by atoms with Gasteiger partial charge < -0.3 is 4.74 Å². The number of aromatic nitrogens is 4. The maximum absolute atomic E-state index is 13.8. The lowest BCUT2D eigenvalue weighted by molar-refractivity contribution is 0.292. The molecule has 5 aromatic rings. The second kappa shape index (κ2) is 7.21. The number of pyridine rings is 2. The molecule has 32 heavy (non-hydrogen) atoms. The van der Waals surface area contributed by atoms with E-state index >= 15 is 0 Å². The summed E-state index contributed by atoms with van der Waals surface area (Å²) in [6, 6.07) is 18.8. The fraction of sp³-hybridized carbons (Fsp3) is 0.160. The van der Waals surface area contributed by atoms with Gasteiger partial charge in [-0.25, -0.2) is 0 Å². The summed E-state index contributed by atoms with van der Waals surface area (Å²) < 4.78 is 9.29. The highest BCUT2D eigenvalue weighted by molar-refractivity contribution is 6.30. The minimum Gasteiger partial charge on any atom is -0.474 e. The number of ether oxygens (including phenoxy) is 1. The summed E-state index contributed by atoms with van der Waals surface area (Å²) in [7, 11) is 1.89. The van der Waals surface area contributed by atoms with Crippen molar-refractivity contribution in [1.82, 2.24) is 19.3 Å². The van der Waals surface area contributed by atoms with Gasteiger partial charge in [0, 0.05) is 40.7 Å². The molecule has 0 radical (unpaired) electrons. The van der Waals surface area contributed by atoms with Crippen molar-refractivity contribution in [2.75, 3.05) is 0 Å². The molecule has 0 N–H and O–H groups in total. The summed E-state index contributed by atoms with van der Waals surface area (Å²) in [4.78, 5) is 18.5. The molecule has 1 fully saturated rings. The number of rotatable bonds is 4. The van der Waals surface area contributed by atoms with E-state index in [-0.39, 0.29) is 11.7 Å². The van der Waals surface area contributed by atoms with Crippen molar-refractivity contribution in [2.45, 2.75) is 18.9 Å². The van der Waals surface area contributed by atoms with Crippen molar-refractivity contribution in [2.24, 2.45) is 7.05 Å². The van der Waals surface area contributed by atoms with Gasteiger partial charge >= 0.3 is 0 Å². The molecule has 0 atom stereocenters. The van der Waals surface area contributed by atoms with Crippen molar-refractivity contribution in [3.05, 3.63) is 82.2 Å². The standard InChI is InChI=1S/C25H19ClN4O2/c1-29-14-17-12-15(2-10-22(17)28-29)21-13-16-3-11-23(32-20-8-9-20)27-24(16)30(25(21)31)19-6-4-18(26)5-7-19/h2-7,10-14,20H,8-9H2,1H3. The van der Waals surface area contributed by atoms with Crippen molar-refractivity contribution < 1.29 is 4.74 Å². The molecule has 3 heterocycles. The summed E-state index contributed by atoms with van der Waals surface area (Å²) >= 11 is 6.10. The van der Waals surface area contributed by atoms with E-state index in [1.54, 1.807) is 21.4 Å². The van der Waals surface area contributed by atoms with Gasteiger partial charge in [-0.05, 0) is 66.9 Å².